The quantitative estimate of drug-likeness (QED) is 0.200. The Labute approximate surface area is 219 Å². The number of anilines is 1. The number of nitrogens with zero attached hydrogens (tertiary/aromatic N) is 2. The summed E-state index contributed by atoms with van der Waals surface area (Å²) in [5, 5.41) is 0. The number of carbonyl (C=O) groups excluding carboxylic acids is 3. The molecule has 1 aliphatic heterocycles. The number of amides is 2. The van der Waals surface area contributed by atoms with Crippen molar-refractivity contribution in [2.45, 2.75) is 68.0 Å². The molecule has 2 saturated carbocycles. The Morgan fingerprint density at radius 3 is 2.25 bits per heavy atom. The molecule has 186 valence electrons. The Bertz CT molecular complexity index is 1290. The average molecular weight is 519 g/mol. The molecule has 0 bridgehead atoms. The van der Waals surface area contributed by atoms with E-state index in [2.05, 4.69) is 17.1 Å². The summed E-state index contributed by atoms with van der Waals surface area (Å²) in [7, 11) is 0. The van der Waals surface area contributed by atoms with Crippen molar-refractivity contribution in [3.63, 3.8) is 0 Å². The summed E-state index contributed by atoms with van der Waals surface area (Å²) in [6, 6.07) is 13.8. The highest BCUT2D eigenvalue weighted by atomic mass is 32.2. The first-order chi connectivity index (χ1) is 17.6. The predicted octanol–water partition coefficient (Wildman–Crippen LogP) is 7.00. The second kappa shape index (κ2) is 10.1. The standard InChI is InChI=1S/C29H30N2O3S2/c32-25(20-12-10-19(11-13-20)18-6-2-1-3-7-18)17-35-29-30-24-15-14-21(16-26(24)36-29)31-27(33)22-8-4-5-9-23(22)28(31)34/h10-16,18,22-23H,1-9,17H2/t22-,23-/m1/s1. The van der Waals surface area contributed by atoms with Crippen LogP contribution in [-0.4, -0.2) is 28.3 Å². The molecule has 3 aromatic rings. The predicted molar refractivity (Wildman–Crippen MR) is 145 cm³/mol. The van der Waals surface area contributed by atoms with Crippen LogP contribution in [0.4, 0.5) is 5.69 Å². The Balaban J connectivity index is 1.12. The van der Waals surface area contributed by atoms with Crippen LogP contribution in [0.1, 0.15) is 79.6 Å². The van der Waals surface area contributed by atoms with Crippen molar-refractivity contribution in [3.8, 4) is 0 Å². The molecule has 2 aliphatic carbocycles. The zero-order valence-electron chi connectivity index (χ0n) is 20.3. The number of Topliss-reactive ketones (excluding diaryl/α,β-unsaturated/α-hetero) is 1. The SMILES string of the molecule is O=C(CSc1nc2ccc(N3C(=O)[C@@H]4CCCC[C@H]4C3=O)cc2s1)c1ccc(C2CCCCC2)cc1. The van der Waals surface area contributed by atoms with Crippen LogP contribution in [0.5, 0.6) is 0 Å². The Kier molecular flexibility index (Phi) is 6.69. The van der Waals surface area contributed by atoms with Crippen LogP contribution in [0.25, 0.3) is 10.2 Å². The minimum atomic E-state index is -0.155. The fraction of sp³-hybridized carbons (Fsp3) is 0.448. The van der Waals surface area contributed by atoms with E-state index < -0.39 is 0 Å². The third-order valence-electron chi connectivity index (χ3n) is 8.09. The number of thiazole rings is 1. The number of fused-ring (bicyclic) bond motifs is 2. The summed E-state index contributed by atoms with van der Waals surface area (Å²) in [5.41, 5.74) is 3.57. The third kappa shape index (κ3) is 4.52. The van der Waals surface area contributed by atoms with Crippen molar-refractivity contribution in [2.75, 3.05) is 10.7 Å². The fourth-order valence-corrected chi connectivity index (χ4v) is 8.09. The number of aromatic nitrogens is 1. The molecule has 2 atom stereocenters. The average Bonchev–Trinajstić information content (AvgIpc) is 3.45. The lowest BCUT2D eigenvalue weighted by Gasteiger charge is -2.22. The number of rotatable bonds is 6. The summed E-state index contributed by atoms with van der Waals surface area (Å²) in [5.74, 6) is 0.661. The molecule has 5 nitrogen and oxygen atoms in total. The summed E-state index contributed by atoms with van der Waals surface area (Å²) in [6.07, 6.45) is 10.1. The van der Waals surface area contributed by atoms with E-state index in [9.17, 15) is 14.4 Å². The number of carbonyl (C=O) groups is 3. The van der Waals surface area contributed by atoms with Gasteiger partial charge in [0, 0.05) is 5.56 Å². The zero-order valence-corrected chi connectivity index (χ0v) is 21.9. The Morgan fingerprint density at radius 1 is 0.889 bits per heavy atom. The number of thioether (sulfide) groups is 1. The van der Waals surface area contributed by atoms with Crippen molar-refractivity contribution in [1.82, 2.24) is 4.98 Å². The molecule has 2 heterocycles. The van der Waals surface area contributed by atoms with Crippen LogP contribution in [0, 0.1) is 11.8 Å². The van der Waals surface area contributed by atoms with Gasteiger partial charge in [-0.1, -0.05) is 68.1 Å². The lowest BCUT2D eigenvalue weighted by molar-refractivity contribution is -0.122. The van der Waals surface area contributed by atoms with Gasteiger partial charge in [0.25, 0.3) is 0 Å². The van der Waals surface area contributed by atoms with E-state index >= 15 is 0 Å². The molecule has 0 radical (unpaired) electrons. The van der Waals surface area contributed by atoms with Gasteiger partial charge < -0.3 is 0 Å². The zero-order chi connectivity index (χ0) is 24.6. The lowest BCUT2D eigenvalue weighted by Crippen LogP contribution is -2.30. The Hall–Kier alpha value is -2.51. The van der Waals surface area contributed by atoms with E-state index in [1.807, 2.05) is 30.3 Å². The van der Waals surface area contributed by atoms with Gasteiger partial charge in [-0.3, -0.25) is 19.3 Å². The maximum atomic E-state index is 13.0. The molecule has 0 N–H and O–H groups in total. The van der Waals surface area contributed by atoms with Crippen molar-refractivity contribution in [3.05, 3.63) is 53.6 Å². The van der Waals surface area contributed by atoms with Gasteiger partial charge in [0.05, 0.1) is 33.5 Å². The minimum Gasteiger partial charge on any atom is -0.293 e. The molecule has 2 aromatic carbocycles. The molecule has 3 aliphatic rings. The monoisotopic (exact) mass is 518 g/mol. The molecule has 7 heteroatoms. The van der Waals surface area contributed by atoms with Crippen LogP contribution in [0.15, 0.2) is 46.8 Å². The number of hydrogen-bond donors (Lipinski definition) is 0. The van der Waals surface area contributed by atoms with Gasteiger partial charge in [-0.2, -0.15) is 0 Å². The van der Waals surface area contributed by atoms with E-state index in [1.165, 1.54) is 65.7 Å². The van der Waals surface area contributed by atoms with E-state index in [0.29, 0.717) is 17.4 Å². The largest absolute Gasteiger partial charge is 0.293 e. The minimum absolute atomic E-state index is 0.0525. The van der Waals surface area contributed by atoms with Crippen molar-refractivity contribution in [2.24, 2.45) is 11.8 Å². The molecule has 1 saturated heterocycles. The van der Waals surface area contributed by atoms with Gasteiger partial charge >= 0.3 is 0 Å². The van der Waals surface area contributed by atoms with Crippen molar-refractivity contribution < 1.29 is 14.4 Å². The van der Waals surface area contributed by atoms with Gasteiger partial charge in [0.15, 0.2) is 10.1 Å². The second-order valence-corrected chi connectivity index (χ2v) is 12.6. The first-order valence-electron chi connectivity index (χ1n) is 13.1. The van der Waals surface area contributed by atoms with Crippen LogP contribution in [0.2, 0.25) is 0 Å². The highest BCUT2D eigenvalue weighted by Crippen LogP contribution is 2.41. The number of ketones is 1. The summed E-state index contributed by atoms with van der Waals surface area (Å²) in [6.45, 7) is 0. The smallest absolute Gasteiger partial charge is 0.237 e. The van der Waals surface area contributed by atoms with Gasteiger partial charge in [0.1, 0.15) is 0 Å². The lowest BCUT2D eigenvalue weighted by atomic mass is 9.81. The van der Waals surface area contributed by atoms with Gasteiger partial charge in [0.2, 0.25) is 11.8 Å². The molecular formula is C29H30N2O3S2. The fourth-order valence-electron chi connectivity index (χ4n) is 6.10. The third-order valence-corrected chi connectivity index (χ3v) is 10.2. The van der Waals surface area contributed by atoms with Crippen molar-refractivity contribution in [1.29, 1.82) is 0 Å². The van der Waals surface area contributed by atoms with Crippen LogP contribution in [-0.2, 0) is 9.59 Å². The van der Waals surface area contributed by atoms with Crippen LogP contribution >= 0.6 is 23.1 Å². The normalized spacial score (nSPS) is 22.8. The van der Waals surface area contributed by atoms with E-state index in [0.717, 1.165) is 45.8 Å². The number of hydrogen-bond acceptors (Lipinski definition) is 6. The number of imide groups is 1. The summed E-state index contributed by atoms with van der Waals surface area (Å²) in [4.78, 5) is 44.8. The maximum Gasteiger partial charge on any atom is 0.237 e. The van der Waals surface area contributed by atoms with E-state index in [4.69, 9.17) is 0 Å². The summed E-state index contributed by atoms with van der Waals surface area (Å²) < 4.78 is 1.75. The molecule has 2 amide bonds. The van der Waals surface area contributed by atoms with Crippen LogP contribution < -0.4 is 4.90 Å². The molecular weight excluding hydrogens is 488 g/mol. The second-order valence-electron chi connectivity index (χ2n) is 10.3. The van der Waals surface area contributed by atoms with Crippen molar-refractivity contribution >= 4 is 56.6 Å². The van der Waals surface area contributed by atoms with E-state index in [1.54, 1.807) is 0 Å². The molecule has 6 rings (SSSR count). The molecule has 0 spiro atoms. The van der Waals surface area contributed by atoms with Gasteiger partial charge in [-0.25, -0.2) is 4.98 Å². The molecule has 36 heavy (non-hydrogen) atoms. The Morgan fingerprint density at radius 2 is 1.56 bits per heavy atom. The van der Waals surface area contributed by atoms with Gasteiger partial charge in [-0.05, 0) is 55.4 Å². The maximum absolute atomic E-state index is 13.0. The van der Waals surface area contributed by atoms with E-state index in [-0.39, 0.29) is 29.4 Å². The summed E-state index contributed by atoms with van der Waals surface area (Å²) >= 11 is 2.95. The number of benzene rings is 2. The molecule has 1 aromatic heterocycles. The molecule has 0 unspecified atom stereocenters. The highest BCUT2D eigenvalue weighted by Gasteiger charge is 2.48. The van der Waals surface area contributed by atoms with Crippen LogP contribution in [0.3, 0.4) is 0 Å². The topological polar surface area (TPSA) is 67.3 Å². The first-order valence-corrected chi connectivity index (χ1v) is 14.9. The van der Waals surface area contributed by atoms with Gasteiger partial charge in [-0.15, -0.1) is 11.3 Å². The first kappa shape index (κ1) is 23.9. The molecule has 3 fully saturated rings. The highest BCUT2D eigenvalue weighted by molar-refractivity contribution is 8.01.